The fraction of sp³-hybridized carbons (Fsp3) is 0.818. The molecule has 1 aromatic rings. The summed E-state index contributed by atoms with van der Waals surface area (Å²) in [6.45, 7) is 2.27. The minimum absolute atomic E-state index is 0.349. The second-order valence-electron chi connectivity index (χ2n) is 4.28. The van der Waals surface area contributed by atoms with E-state index in [4.69, 9.17) is 11.6 Å². The molecule has 0 atom stereocenters. The van der Waals surface area contributed by atoms with E-state index < -0.39 is 0 Å². The molecule has 0 N–H and O–H groups in total. The lowest BCUT2D eigenvalue weighted by atomic mass is 9.84. The summed E-state index contributed by atoms with van der Waals surface area (Å²) in [7, 11) is 0. The van der Waals surface area contributed by atoms with Crippen LogP contribution in [-0.2, 0) is 11.8 Å². The molecule has 0 amide bonds. The minimum Gasteiger partial charge on any atom is -0.143 e. The molecule has 1 aliphatic carbocycles. The van der Waals surface area contributed by atoms with E-state index in [-0.39, 0.29) is 0 Å². The third-order valence-electron chi connectivity index (χ3n) is 3.47. The Bertz CT molecular complexity index is 318. The molecule has 1 aromatic heterocycles. The highest BCUT2D eigenvalue weighted by molar-refractivity contribution is 7.11. The average Bonchev–Trinajstić information content (AvgIpc) is 2.86. The lowest BCUT2D eigenvalue weighted by Gasteiger charge is -2.23. The lowest BCUT2D eigenvalue weighted by molar-refractivity contribution is 0.419. The minimum atomic E-state index is 0.349. The normalized spacial score (nSPS) is 19.6. The molecular formula is C11H17ClN2S. The summed E-state index contributed by atoms with van der Waals surface area (Å²) in [5.41, 5.74) is 0.349. The molecule has 1 heterocycles. The number of nitrogens with zero attached hydrogens (tertiary/aromatic N) is 2. The monoisotopic (exact) mass is 244 g/mol. The Hall–Kier alpha value is -0.150. The predicted octanol–water partition coefficient (Wildman–Crippen LogP) is 3.54. The Morgan fingerprint density at radius 1 is 1.33 bits per heavy atom. The van der Waals surface area contributed by atoms with Crippen LogP contribution in [0, 0.1) is 0 Å². The van der Waals surface area contributed by atoms with Gasteiger partial charge in [-0.15, -0.1) is 33.1 Å². The molecular weight excluding hydrogens is 228 g/mol. The van der Waals surface area contributed by atoms with Gasteiger partial charge in [-0.25, -0.2) is 0 Å². The summed E-state index contributed by atoms with van der Waals surface area (Å²) in [4.78, 5) is 0. The van der Waals surface area contributed by atoms with Crippen molar-refractivity contribution in [3.63, 3.8) is 0 Å². The maximum atomic E-state index is 5.71. The molecule has 84 valence electrons. The fourth-order valence-corrected chi connectivity index (χ4v) is 3.87. The van der Waals surface area contributed by atoms with Gasteiger partial charge in [0.15, 0.2) is 0 Å². The van der Waals surface area contributed by atoms with Gasteiger partial charge in [0.25, 0.3) is 0 Å². The van der Waals surface area contributed by atoms with Crippen LogP contribution in [0.25, 0.3) is 0 Å². The zero-order chi connectivity index (χ0) is 10.7. The van der Waals surface area contributed by atoms with Gasteiger partial charge in [-0.3, -0.25) is 0 Å². The molecule has 1 saturated carbocycles. The van der Waals surface area contributed by atoms with Crippen LogP contribution in [0.3, 0.4) is 0 Å². The molecule has 2 rings (SSSR count). The van der Waals surface area contributed by atoms with E-state index in [2.05, 4.69) is 17.1 Å². The number of aromatic nitrogens is 2. The molecule has 0 aliphatic heterocycles. The Labute approximate surface area is 100 Å². The first-order valence-electron chi connectivity index (χ1n) is 5.69. The number of halogens is 1. The van der Waals surface area contributed by atoms with Crippen LogP contribution < -0.4 is 0 Å². The second kappa shape index (κ2) is 4.79. The molecule has 0 aromatic carbocycles. The molecule has 0 radical (unpaired) electrons. The summed E-state index contributed by atoms with van der Waals surface area (Å²) in [6, 6.07) is 0. The quantitative estimate of drug-likeness (QED) is 0.758. The van der Waals surface area contributed by atoms with Crippen molar-refractivity contribution in [1.29, 1.82) is 0 Å². The lowest BCUT2D eigenvalue weighted by Crippen LogP contribution is -2.20. The van der Waals surface area contributed by atoms with Gasteiger partial charge in [0.2, 0.25) is 0 Å². The van der Waals surface area contributed by atoms with E-state index in [1.165, 1.54) is 37.1 Å². The van der Waals surface area contributed by atoms with Crippen molar-refractivity contribution >= 4 is 22.9 Å². The van der Waals surface area contributed by atoms with Gasteiger partial charge >= 0.3 is 0 Å². The molecule has 0 bridgehead atoms. The Morgan fingerprint density at radius 3 is 2.67 bits per heavy atom. The van der Waals surface area contributed by atoms with Crippen molar-refractivity contribution in [2.45, 2.75) is 50.9 Å². The molecule has 4 heteroatoms. The summed E-state index contributed by atoms with van der Waals surface area (Å²) < 4.78 is 0. The largest absolute Gasteiger partial charge is 0.143 e. The summed E-state index contributed by atoms with van der Waals surface area (Å²) >= 11 is 7.48. The van der Waals surface area contributed by atoms with Crippen LogP contribution in [0.2, 0.25) is 0 Å². The topological polar surface area (TPSA) is 25.8 Å². The summed E-state index contributed by atoms with van der Waals surface area (Å²) in [6.07, 6.45) is 7.33. The van der Waals surface area contributed by atoms with Gasteiger partial charge < -0.3 is 0 Å². The third-order valence-corrected chi connectivity index (χ3v) is 4.88. The first kappa shape index (κ1) is 11.3. The van der Waals surface area contributed by atoms with Crippen molar-refractivity contribution in [1.82, 2.24) is 10.2 Å². The van der Waals surface area contributed by atoms with Crippen molar-refractivity contribution in [3.8, 4) is 0 Å². The number of aryl methyl sites for hydroxylation is 1. The van der Waals surface area contributed by atoms with Gasteiger partial charge in [-0.05, 0) is 19.3 Å². The van der Waals surface area contributed by atoms with Crippen molar-refractivity contribution in [3.05, 3.63) is 10.0 Å². The van der Waals surface area contributed by atoms with E-state index in [9.17, 15) is 0 Å². The molecule has 1 fully saturated rings. The van der Waals surface area contributed by atoms with Crippen LogP contribution in [0.15, 0.2) is 0 Å². The number of rotatable bonds is 4. The van der Waals surface area contributed by atoms with Crippen LogP contribution in [0.4, 0.5) is 0 Å². The fourth-order valence-electron chi connectivity index (χ4n) is 2.42. The van der Waals surface area contributed by atoms with Crippen LogP contribution in [0.1, 0.15) is 49.0 Å². The Balaban J connectivity index is 2.19. The molecule has 1 aliphatic rings. The molecule has 0 unspecified atom stereocenters. The van der Waals surface area contributed by atoms with Gasteiger partial charge in [0, 0.05) is 17.7 Å². The predicted molar refractivity (Wildman–Crippen MR) is 64.8 cm³/mol. The first-order chi connectivity index (χ1) is 7.30. The molecule has 0 saturated heterocycles. The standard InChI is InChI=1S/C11H17ClN2S/c1-2-11(6-3-4-7-11)10-14-13-9(15-10)5-8-12/h2-8H2,1H3. The maximum absolute atomic E-state index is 5.71. The van der Waals surface area contributed by atoms with Gasteiger partial charge in [0.1, 0.15) is 10.0 Å². The van der Waals surface area contributed by atoms with E-state index in [0.717, 1.165) is 11.4 Å². The highest BCUT2D eigenvalue weighted by atomic mass is 35.5. The number of hydrogen-bond acceptors (Lipinski definition) is 3. The summed E-state index contributed by atoms with van der Waals surface area (Å²) in [5, 5.41) is 10.9. The summed E-state index contributed by atoms with van der Waals surface area (Å²) in [5.74, 6) is 0.647. The first-order valence-corrected chi connectivity index (χ1v) is 7.05. The van der Waals surface area contributed by atoms with Gasteiger partial charge in [0.05, 0.1) is 0 Å². The van der Waals surface area contributed by atoms with Gasteiger partial charge in [-0.2, -0.15) is 0 Å². The zero-order valence-electron chi connectivity index (χ0n) is 9.13. The maximum Gasteiger partial charge on any atom is 0.123 e. The van der Waals surface area contributed by atoms with Crippen LogP contribution in [-0.4, -0.2) is 16.1 Å². The average molecular weight is 245 g/mol. The van der Waals surface area contributed by atoms with Gasteiger partial charge in [-0.1, -0.05) is 19.8 Å². The van der Waals surface area contributed by atoms with Crippen molar-refractivity contribution < 1.29 is 0 Å². The number of hydrogen-bond donors (Lipinski definition) is 0. The van der Waals surface area contributed by atoms with Crippen LogP contribution in [0.5, 0.6) is 0 Å². The molecule has 15 heavy (non-hydrogen) atoms. The Morgan fingerprint density at radius 2 is 2.07 bits per heavy atom. The van der Waals surface area contributed by atoms with E-state index in [1.807, 2.05) is 0 Å². The Kier molecular flexibility index (Phi) is 3.62. The second-order valence-corrected chi connectivity index (χ2v) is 5.72. The smallest absolute Gasteiger partial charge is 0.123 e. The van der Waals surface area contributed by atoms with E-state index in [0.29, 0.717) is 11.3 Å². The highest BCUT2D eigenvalue weighted by Crippen LogP contribution is 2.44. The molecule has 2 nitrogen and oxygen atoms in total. The molecule has 0 spiro atoms. The third kappa shape index (κ3) is 2.18. The van der Waals surface area contributed by atoms with Crippen molar-refractivity contribution in [2.24, 2.45) is 0 Å². The highest BCUT2D eigenvalue weighted by Gasteiger charge is 2.36. The zero-order valence-corrected chi connectivity index (χ0v) is 10.7. The number of alkyl halides is 1. The SMILES string of the molecule is CCC1(c2nnc(CCCl)s2)CCCC1. The van der Waals surface area contributed by atoms with E-state index in [1.54, 1.807) is 11.3 Å². The van der Waals surface area contributed by atoms with Crippen molar-refractivity contribution in [2.75, 3.05) is 5.88 Å². The van der Waals surface area contributed by atoms with E-state index >= 15 is 0 Å². The van der Waals surface area contributed by atoms with Crippen LogP contribution >= 0.6 is 22.9 Å².